The predicted molar refractivity (Wildman–Crippen MR) is 29.3 cm³/mol. The van der Waals surface area contributed by atoms with Crippen LogP contribution in [0.15, 0.2) is 21.7 Å². The lowest BCUT2D eigenvalue weighted by molar-refractivity contribution is -0.136. The van der Waals surface area contributed by atoms with Crippen LogP contribution in [-0.4, -0.2) is 22.2 Å². The topological polar surface area (TPSA) is 113 Å². The van der Waals surface area contributed by atoms with E-state index in [0.29, 0.717) is 0 Å². The largest absolute Gasteiger partial charge is 0.476 e. The monoisotopic (exact) mass is 156 g/mol. The van der Waals surface area contributed by atoms with Gasteiger partial charge in [0.1, 0.15) is 0 Å². The van der Waals surface area contributed by atoms with Crippen LogP contribution in [0, 0.1) is 0 Å². The van der Waals surface area contributed by atoms with Crippen molar-refractivity contribution in [3.63, 3.8) is 0 Å². The van der Waals surface area contributed by atoms with Gasteiger partial charge in [-0.3, -0.25) is 0 Å². The zero-order valence-electron chi connectivity index (χ0n) is 5.05. The van der Waals surface area contributed by atoms with Crippen molar-refractivity contribution < 1.29 is 19.8 Å². The first-order valence-corrected chi connectivity index (χ1v) is 2.45. The average Bonchev–Trinajstić information content (AvgIpc) is 2.32. The van der Waals surface area contributed by atoms with Gasteiger partial charge < -0.3 is 10.2 Å². The molecule has 0 fully saturated rings. The van der Waals surface area contributed by atoms with Crippen LogP contribution in [0.1, 0.15) is 0 Å². The summed E-state index contributed by atoms with van der Waals surface area (Å²) in [4.78, 5) is 20.4. The van der Waals surface area contributed by atoms with Crippen molar-refractivity contribution in [1.82, 2.24) is 5.43 Å². The molecule has 1 radical (unpaired) electrons. The molecule has 7 nitrogen and oxygen atoms in total. The summed E-state index contributed by atoms with van der Waals surface area (Å²) in [6.07, 6.45) is 0. The van der Waals surface area contributed by atoms with Gasteiger partial charge in [-0.15, -0.1) is 10.5 Å². The average molecular weight is 156 g/mol. The van der Waals surface area contributed by atoms with Gasteiger partial charge >= 0.3 is 11.9 Å². The molecule has 1 heterocycles. The van der Waals surface area contributed by atoms with E-state index in [1.807, 2.05) is 0 Å². The van der Waals surface area contributed by atoms with Crippen molar-refractivity contribution in [2.45, 2.75) is 0 Å². The van der Waals surface area contributed by atoms with Gasteiger partial charge in [0.05, 0.1) is 0 Å². The van der Waals surface area contributed by atoms with E-state index in [9.17, 15) is 9.59 Å². The molecule has 7 heteroatoms. The molecule has 1 rings (SSSR count). The number of nitrogens with zero attached hydrogens (tertiary/aromatic N) is 3. The normalized spacial score (nSPS) is 14.9. The molecule has 0 saturated heterocycles. The second-order valence-corrected chi connectivity index (χ2v) is 1.60. The van der Waals surface area contributed by atoms with Crippen molar-refractivity contribution in [2.75, 3.05) is 0 Å². The van der Waals surface area contributed by atoms with E-state index in [1.54, 1.807) is 0 Å². The van der Waals surface area contributed by atoms with Crippen LogP contribution >= 0.6 is 0 Å². The molecule has 0 aromatic carbocycles. The summed E-state index contributed by atoms with van der Waals surface area (Å²) in [5.74, 6) is -2.90. The summed E-state index contributed by atoms with van der Waals surface area (Å²) < 4.78 is 0. The minimum absolute atomic E-state index is 0.641. The quantitative estimate of drug-likeness (QED) is 0.552. The molecule has 1 aliphatic heterocycles. The maximum absolute atomic E-state index is 10.2. The number of carbonyl (C=O) groups is 2. The first kappa shape index (κ1) is 7.19. The van der Waals surface area contributed by atoms with Crippen LogP contribution in [-0.2, 0) is 9.59 Å². The minimum atomic E-state index is -1.45. The SMILES string of the molecule is O=C(O)C1=C(C(=O)O)N=N[N]1. The summed E-state index contributed by atoms with van der Waals surface area (Å²) in [7, 11) is 0. The summed E-state index contributed by atoms with van der Waals surface area (Å²) in [6.45, 7) is 0. The van der Waals surface area contributed by atoms with Crippen molar-refractivity contribution in [2.24, 2.45) is 10.3 Å². The summed E-state index contributed by atoms with van der Waals surface area (Å²) in [5.41, 5.74) is 1.71. The molecule has 0 aliphatic carbocycles. The molecule has 0 aromatic rings. The Hall–Kier alpha value is -1.92. The molecular formula is C4H2N3O4. The highest BCUT2D eigenvalue weighted by atomic mass is 16.4. The van der Waals surface area contributed by atoms with Crippen molar-refractivity contribution in [1.29, 1.82) is 0 Å². The van der Waals surface area contributed by atoms with Gasteiger partial charge in [0.2, 0.25) is 11.4 Å². The standard InChI is InChI=1S/C4H2N3O4/c8-3(9)1-2(4(10)11)6-7-5-1/h(H,8,9)(H,10,11). The zero-order chi connectivity index (χ0) is 8.43. The summed E-state index contributed by atoms with van der Waals surface area (Å²) in [5, 5.41) is 22.5. The maximum Gasteiger partial charge on any atom is 0.359 e. The number of hydrogen-bond acceptors (Lipinski definition) is 4. The van der Waals surface area contributed by atoms with Crippen LogP contribution in [0.3, 0.4) is 0 Å². The lowest BCUT2D eigenvalue weighted by atomic mass is 10.3. The zero-order valence-corrected chi connectivity index (χ0v) is 5.05. The van der Waals surface area contributed by atoms with Crippen molar-refractivity contribution in [3.05, 3.63) is 11.4 Å². The van der Waals surface area contributed by atoms with Crippen LogP contribution in [0.2, 0.25) is 0 Å². The lowest BCUT2D eigenvalue weighted by Crippen LogP contribution is -2.11. The highest BCUT2D eigenvalue weighted by Gasteiger charge is 2.25. The van der Waals surface area contributed by atoms with E-state index in [-0.39, 0.29) is 0 Å². The molecule has 0 spiro atoms. The van der Waals surface area contributed by atoms with Gasteiger partial charge in [-0.2, -0.15) is 0 Å². The molecule has 2 N–H and O–H groups in total. The fourth-order valence-electron chi connectivity index (χ4n) is 0.495. The number of aliphatic carboxylic acids is 2. The number of hydrogen-bond donors (Lipinski definition) is 2. The Labute approximate surface area is 60.0 Å². The van der Waals surface area contributed by atoms with Gasteiger partial charge in [-0.1, -0.05) is 0 Å². The second-order valence-electron chi connectivity index (χ2n) is 1.60. The third-order valence-corrected chi connectivity index (χ3v) is 0.919. The highest BCUT2D eigenvalue weighted by molar-refractivity contribution is 5.98. The molecule has 0 saturated carbocycles. The van der Waals surface area contributed by atoms with Crippen LogP contribution in [0.5, 0.6) is 0 Å². The Morgan fingerprint density at radius 3 is 2.00 bits per heavy atom. The first-order chi connectivity index (χ1) is 5.13. The Morgan fingerprint density at radius 2 is 1.64 bits per heavy atom. The third-order valence-electron chi connectivity index (χ3n) is 0.919. The molecule has 57 valence electrons. The highest BCUT2D eigenvalue weighted by Crippen LogP contribution is 2.12. The van der Waals surface area contributed by atoms with E-state index in [4.69, 9.17) is 10.2 Å². The fourth-order valence-corrected chi connectivity index (χ4v) is 0.495. The minimum Gasteiger partial charge on any atom is -0.476 e. The molecule has 0 aromatic heterocycles. The van der Waals surface area contributed by atoms with E-state index >= 15 is 0 Å². The second kappa shape index (κ2) is 2.37. The van der Waals surface area contributed by atoms with Crippen molar-refractivity contribution in [3.8, 4) is 0 Å². The Balaban J connectivity index is 3.02. The third kappa shape index (κ3) is 1.16. The number of carboxylic acid groups (broad SMARTS) is 2. The van der Waals surface area contributed by atoms with Gasteiger partial charge in [0.15, 0.2) is 0 Å². The molecule has 0 bridgehead atoms. The van der Waals surface area contributed by atoms with Crippen LogP contribution in [0.4, 0.5) is 0 Å². The molecule has 11 heavy (non-hydrogen) atoms. The van der Waals surface area contributed by atoms with Crippen LogP contribution < -0.4 is 5.43 Å². The molecule has 0 unspecified atom stereocenters. The van der Waals surface area contributed by atoms with E-state index < -0.39 is 23.3 Å². The van der Waals surface area contributed by atoms with E-state index in [2.05, 4.69) is 15.8 Å². The number of rotatable bonds is 2. The molecular weight excluding hydrogens is 154 g/mol. The smallest absolute Gasteiger partial charge is 0.359 e. The molecule has 0 amide bonds. The van der Waals surface area contributed by atoms with Gasteiger partial charge in [-0.05, 0) is 5.22 Å². The Kier molecular flexibility index (Phi) is 1.55. The fraction of sp³-hybridized carbons (Fsp3) is 0. The van der Waals surface area contributed by atoms with E-state index in [1.165, 1.54) is 0 Å². The Morgan fingerprint density at radius 1 is 1.09 bits per heavy atom. The summed E-state index contributed by atoms with van der Waals surface area (Å²) in [6, 6.07) is 0. The Bertz CT molecular complexity index is 279. The lowest BCUT2D eigenvalue weighted by Gasteiger charge is -1.89. The maximum atomic E-state index is 10.2. The van der Waals surface area contributed by atoms with Gasteiger partial charge in [0.25, 0.3) is 0 Å². The van der Waals surface area contributed by atoms with E-state index in [0.717, 1.165) is 0 Å². The first-order valence-electron chi connectivity index (χ1n) is 2.45. The number of carboxylic acids is 2. The predicted octanol–water partition coefficient (Wildman–Crippen LogP) is -0.648. The molecule has 0 atom stereocenters. The van der Waals surface area contributed by atoms with Gasteiger partial charge in [0, 0.05) is 0 Å². The van der Waals surface area contributed by atoms with Crippen molar-refractivity contribution >= 4 is 11.9 Å². The summed E-state index contributed by atoms with van der Waals surface area (Å²) >= 11 is 0. The van der Waals surface area contributed by atoms with Gasteiger partial charge in [-0.25, -0.2) is 9.59 Å². The molecule has 1 aliphatic rings. The van der Waals surface area contributed by atoms with Crippen LogP contribution in [0.25, 0.3) is 0 Å².